The molecular formula is C52H39N. The minimum atomic E-state index is -0.179. The van der Waals surface area contributed by atoms with Crippen LogP contribution in [0.5, 0.6) is 0 Å². The highest BCUT2D eigenvalue weighted by atomic mass is 15.1. The fourth-order valence-electron chi connectivity index (χ4n) is 10.1. The van der Waals surface area contributed by atoms with Crippen molar-refractivity contribution >= 4 is 60.2 Å². The zero-order valence-corrected chi connectivity index (χ0v) is 30.5. The Bertz CT molecular complexity index is 3000. The second-order valence-electron chi connectivity index (χ2n) is 16.1. The maximum absolute atomic E-state index is 2.46. The van der Waals surface area contributed by atoms with Crippen LogP contribution in [0.25, 0.3) is 65.3 Å². The van der Waals surface area contributed by atoms with Crippen molar-refractivity contribution in [2.75, 3.05) is 4.90 Å². The molecule has 9 aromatic carbocycles. The number of hydrogen-bond acceptors (Lipinski definition) is 1. The number of nitrogens with zero attached hydrogens (tertiary/aromatic N) is 1. The van der Waals surface area contributed by atoms with Crippen molar-refractivity contribution < 1.29 is 0 Å². The van der Waals surface area contributed by atoms with Crippen LogP contribution in [0.15, 0.2) is 164 Å². The van der Waals surface area contributed by atoms with Gasteiger partial charge in [-0.15, -0.1) is 0 Å². The lowest BCUT2D eigenvalue weighted by molar-refractivity contribution is 0.666. The summed E-state index contributed by atoms with van der Waals surface area (Å²) in [6, 6.07) is 61.3. The zero-order valence-electron chi connectivity index (χ0n) is 30.5. The number of para-hydroxylation sites is 1. The summed E-state index contributed by atoms with van der Waals surface area (Å²) in [5.74, 6) is 0. The van der Waals surface area contributed by atoms with E-state index in [1.807, 2.05) is 0 Å². The largest absolute Gasteiger partial charge is 0.310 e. The van der Waals surface area contributed by atoms with E-state index < -0.39 is 0 Å². The molecule has 1 heteroatoms. The molecule has 0 aromatic heterocycles. The topological polar surface area (TPSA) is 3.24 Å². The van der Waals surface area contributed by atoms with Gasteiger partial charge >= 0.3 is 0 Å². The van der Waals surface area contributed by atoms with Gasteiger partial charge in [0.1, 0.15) is 0 Å². The molecule has 2 aliphatic carbocycles. The molecule has 0 amide bonds. The summed E-state index contributed by atoms with van der Waals surface area (Å²) in [4.78, 5) is 2.44. The predicted octanol–water partition coefficient (Wildman–Crippen LogP) is 14.4. The summed E-state index contributed by atoms with van der Waals surface area (Å²) >= 11 is 0. The fraction of sp³-hybridized carbons (Fsp3) is 0.115. The normalized spacial score (nSPS) is 14.7. The average molecular weight is 678 g/mol. The SMILES string of the molecule is CC1(C)c2cc3cc(N(c4ccccc4)c4ccc5c(c4)C(C)(C)c4c-5c5ccccc5c5ccccc45)ccc3cc2-c2ccc3ccccc3c21. The van der Waals surface area contributed by atoms with Crippen molar-refractivity contribution in [3.05, 3.63) is 186 Å². The van der Waals surface area contributed by atoms with Crippen molar-refractivity contribution in [2.45, 2.75) is 38.5 Å². The smallest absolute Gasteiger partial charge is 0.0468 e. The van der Waals surface area contributed by atoms with Gasteiger partial charge in [0.05, 0.1) is 0 Å². The van der Waals surface area contributed by atoms with E-state index in [1.54, 1.807) is 0 Å². The summed E-state index contributed by atoms with van der Waals surface area (Å²) in [7, 11) is 0. The lowest BCUT2D eigenvalue weighted by atomic mass is 9.79. The summed E-state index contributed by atoms with van der Waals surface area (Å²) in [6.45, 7) is 9.61. The number of anilines is 3. The second-order valence-corrected chi connectivity index (χ2v) is 16.1. The van der Waals surface area contributed by atoms with Gasteiger partial charge in [0.2, 0.25) is 0 Å². The van der Waals surface area contributed by atoms with Crippen molar-refractivity contribution in [1.82, 2.24) is 0 Å². The molecule has 0 saturated heterocycles. The van der Waals surface area contributed by atoms with Crippen molar-refractivity contribution in [2.24, 2.45) is 0 Å². The minimum absolute atomic E-state index is 0.107. The third-order valence-electron chi connectivity index (χ3n) is 12.5. The third-order valence-corrected chi connectivity index (χ3v) is 12.5. The van der Waals surface area contributed by atoms with Gasteiger partial charge in [-0.3, -0.25) is 0 Å². The first-order valence-electron chi connectivity index (χ1n) is 18.9. The van der Waals surface area contributed by atoms with Crippen molar-refractivity contribution in [3.8, 4) is 22.3 Å². The van der Waals surface area contributed by atoms with Crippen LogP contribution in [0.4, 0.5) is 17.1 Å². The molecule has 53 heavy (non-hydrogen) atoms. The lowest BCUT2D eigenvalue weighted by Crippen LogP contribution is -2.17. The standard InChI is InChI=1S/C52H39N/c1-51(2)46-30-34-28-36(24-22-33(34)29-45(46)43-26-23-32-14-8-9-17-38(32)49(43)51)53(35-15-6-5-7-16-35)37-25-27-44-47(31-37)52(3,4)50-42-21-13-11-19-40(42)39-18-10-12-20-41(39)48(44)50/h5-31H,1-4H3. The van der Waals surface area contributed by atoms with E-state index in [0.717, 1.165) is 11.4 Å². The molecule has 0 unspecified atom stereocenters. The molecule has 11 rings (SSSR count). The summed E-state index contributed by atoms with van der Waals surface area (Å²) in [5, 5.41) is 10.5. The Morgan fingerprint density at radius 2 is 0.906 bits per heavy atom. The highest BCUT2D eigenvalue weighted by molar-refractivity contribution is 6.18. The first-order chi connectivity index (χ1) is 25.8. The third kappa shape index (κ3) is 4.14. The Morgan fingerprint density at radius 1 is 0.340 bits per heavy atom. The second kappa shape index (κ2) is 10.7. The van der Waals surface area contributed by atoms with Gasteiger partial charge in [0.15, 0.2) is 0 Å². The molecule has 0 bridgehead atoms. The van der Waals surface area contributed by atoms with Crippen LogP contribution in [0.2, 0.25) is 0 Å². The first-order valence-corrected chi connectivity index (χ1v) is 18.9. The molecule has 0 heterocycles. The molecule has 0 aliphatic heterocycles. The van der Waals surface area contributed by atoms with Gasteiger partial charge in [-0.25, -0.2) is 0 Å². The van der Waals surface area contributed by atoms with E-state index in [1.165, 1.54) is 93.3 Å². The van der Waals surface area contributed by atoms with E-state index in [0.29, 0.717) is 0 Å². The van der Waals surface area contributed by atoms with Crippen LogP contribution in [-0.2, 0) is 10.8 Å². The maximum Gasteiger partial charge on any atom is 0.0468 e. The van der Waals surface area contributed by atoms with Gasteiger partial charge in [0, 0.05) is 27.9 Å². The van der Waals surface area contributed by atoms with Gasteiger partial charge in [-0.05, 0) is 136 Å². The average Bonchev–Trinajstić information content (AvgIpc) is 3.57. The van der Waals surface area contributed by atoms with Gasteiger partial charge in [0.25, 0.3) is 0 Å². The van der Waals surface area contributed by atoms with Crippen LogP contribution >= 0.6 is 0 Å². The monoisotopic (exact) mass is 677 g/mol. The molecule has 0 saturated carbocycles. The van der Waals surface area contributed by atoms with E-state index >= 15 is 0 Å². The molecule has 1 nitrogen and oxygen atoms in total. The predicted molar refractivity (Wildman–Crippen MR) is 226 cm³/mol. The molecule has 2 aliphatic rings. The van der Waals surface area contributed by atoms with Crippen LogP contribution in [0.3, 0.4) is 0 Å². The number of hydrogen-bond donors (Lipinski definition) is 0. The highest BCUT2D eigenvalue weighted by Gasteiger charge is 2.40. The van der Waals surface area contributed by atoms with E-state index in [2.05, 4.69) is 196 Å². The van der Waals surface area contributed by atoms with E-state index in [9.17, 15) is 0 Å². The van der Waals surface area contributed by atoms with Gasteiger partial charge in [-0.2, -0.15) is 0 Å². The molecule has 0 spiro atoms. The molecular weight excluding hydrogens is 639 g/mol. The zero-order chi connectivity index (χ0) is 35.6. The van der Waals surface area contributed by atoms with Gasteiger partial charge < -0.3 is 4.90 Å². The van der Waals surface area contributed by atoms with E-state index in [-0.39, 0.29) is 10.8 Å². The van der Waals surface area contributed by atoms with Crippen molar-refractivity contribution in [1.29, 1.82) is 0 Å². The molecule has 0 radical (unpaired) electrons. The van der Waals surface area contributed by atoms with Crippen LogP contribution in [0.1, 0.15) is 49.9 Å². The van der Waals surface area contributed by atoms with Crippen LogP contribution in [0, 0.1) is 0 Å². The fourth-order valence-corrected chi connectivity index (χ4v) is 10.1. The van der Waals surface area contributed by atoms with E-state index in [4.69, 9.17) is 0 Å². The molecule has 252 valence electrons. The first kappa shape index (κ1) is 30.4. The van der Waals surface area contributed by atoms with Crippen LogP contribution < -0.4 is 4.90 Å². The Labute approximate surface area is 310 Å². The number of fused-ring (bicyclic) bond motifs is 14. The molecule has 0 fully saturated rings. The molecule has 9 aromatic rings. The Kier molecular flexibility index (Phi) is 6.14. The quantitative estimate of drug-likeness (QED) is 0.168. The molecule has 0 N–H and O–H groups in total. The Morgan fingerprint density at radius 3 is 1.70 bits per heavy atom. The molecule has 0 atom stereocenters. The summed E-state index contributed by atoms with van der Waals surface area (Å²) in [6.07, 6.45) is 0. The number of benzene rings is 9. The lowest BCUT2D eigenvalue weighted by Gasteiger charge is -2.29. The summed E-state index contributed by atoms with van der Waals surface area (Å²) in [5.41, 5.74) is 14.3. The van der Waals surface area contributed by atoms with Crippen molar-refractivity contribution in [3.63, 3.8) is 0 Å². The Hall–Kier alpha value is -6.18. The maximum atomic E-state index is 2.46. The summed E-state index contributed by atoms with van der Waals surface area (Å²) < 4.78 is 0. The highest BCUT2D eigenvalue weighted by Crippen LogP contribution is 2.56. The van der Waals surface area contributed by atoms with Gasteiger partial charge in [-0.1, -0.05) is 143 Å². The van der Waals surface area contributed by atoms with Crippen LogP contribution in [-0.4, -0.2) is 0 Å². The number of rotatable bonds is 3. The Balaban J connectivity index is 1.09. The minimum Gasteiger partial charge on any atom is -0.310 e.